The van der Waals surface area contributed by atoms with Gasteiger partial charge < -0.3 is 10.2 Å². The Morgan fingerprint density at radius 2 is 2.21 bits per heavy atom. The van der Waals surface area contributed by atoms with Crippen molar-refractivity contribution in [1.82, 2.24) is 24.8 Å². The summed E-state index contributed by atoms with van der Waals surface area (Å²) in [6, 6.07) is 1.78. The molecule has 0 aliphatic carbocycles. The number of fused-ring (bicyclic) bond motifs is 1. The summed E-state index contributed by atoms with van der Waals surface area (Å²) in [7, 11) is 0. The van der Waals surface area contributed by atoms with Crippen molar-refractivity contribution in [3.63, 3.8) is 0 Å². The minimum atomic E-state index is -0.124. The van der Waals surface area contributed by atoms with E-state index in [1.165, 1.54) is 0 Å². The summed E-state index contributed by atoms with van der Waals surface area (Å²) in [6.45, 7) is 7.69. The van der Waals surface area contributed by atoms with Gasteiger partial charge in [0.05, 0.1) is 6.20 Å². The number of carbonyl (C=O) groups is 1. The molecule has 0 saturated heterocycles. The lowest BCUT2D eigenvalue weighted by molar-refractivity contribution is 0.0950. The molecule has 102 valence electrons. The average molecular weight is 261 g/mol. The van der Waals surface area contributed by atoms with Gasteiger partial charge in [0.2, 0.25) is 0 Å². The highest BCUT2D eigenvalue weighted by atomic mass is 16.1. The molecule has 1 N–H and O–H groups in total. The van der Waals surface area contributed by atoms with Gasteiger partial charge in [0.1, 0.15) is 5.56 Å². The van der Waals surface area contributed by atoms with E-state index in [1.807, 2.05) is 0 Å². The molecule has 6 heteroatoms. The van der Waals surface area contributed by atoms with Crippen LogP contribution in [0.15, 0.2) is 24.7 Å². The zero-order valence-electron chi connectivity index (χ0n) is 11.3. The molecular weight excluding hydrogens is 242 g/mol. The molecule has 0 aromatic carbocycles. The van der Waals surface area contributed by atoms with Crippen molar-refractivity contribution in [3.8, 4) is 0 Å². The largest absolute Gasteiger partial charge is 0.351 e. The lowest BCUT2D eigenvalue weighted by Crippen LogP contribution is -2.34. The van der Waals surface area contributed by atoms with Crippen molar-refractivity contribution in [2.45, 2.75) is 13.8 Å². The van der Waals surface area contributed by atoms with E-state index in [2.05, 4.69) is 34.1 Å². The van der Waals surface area contributed by atoms with Gasteiger partial charge in [0.15, 0.2) is 5.65 Å². The van der Waals surface area contributed by atoms with Crippen LogP contribution in [0.5, 0.6) is 0 Å². The minimum absolute atomic E-state index is 0.124. The van der Waals surface area contributed by atoms with Crippen LogP contribution in [0.4, 0.5) is 0 Å². The molecule has 0 aliphatic rings. The topological polar surface area (TPSA) is 62.5 Å². The van der Waals surface area contributed by atoms with Gasteiger partial charge in [-0.1, -0.05) is 13.8 Å². The Labute approximate surface area is 112 Å². The van der Waals surface area contributed by atoms with Crippen LogP contribution >= 0.6 is 0 Å². The highest BCUT2D eigenvalue weighted by Crippen LogP contribution is 2.06. The molecule has 2 rings (SSSR count). The van der Waals surface area contributed by atoms with E-state index in [0.717, 1.165) is 19.6 Å². The molecule has 2 aromatic rings. The first-order chi connectivity index (χ1) is 9.26. The maximum Gasteiger partial charge on any atom is 0.256 e. The van der Waals surface area contributed by atoms with E-state index in [1.54, 1.807) is 29.2 Å². The van der Waals surface area contributed by atoms with E-state index < -0.39 is 0 Å². The van der Waals surface area contributed by atoms with Crippen LogP contribution < -0.4 is 5.32 Å². The number of nitrogens with zero attached hydrogens (tertiary/aromatic N) is 4. The van der Waals surface area contributed by atoms with Crippen LogP contribution in [0.25, 0.3) is 5.65 Å². The van der Waals surface area contributed by atoms with Crippen LogP contribution in [0.3, 0.4) is 0 Å². The zero-order valence-corrected chi connectivity index (χ0v) is 11.3. The highest BCUT2D eigenvalue weighted by molar-refractivity contribution is 5.99. The third kappa shape index (κ3) is 3.08. The standard InChI is InChI=1S/C13H19N5O/c1-3-17(4-2)9-7-15-13(19)11-10-16-18-8-5-6-14-12(11)18/h5-6,8,10H,3-4,7,9H2,1-2H3,(H,15,19). The number of aromatic nitrogens is 3. The van der Waals surface area contributed by atoms with E-state index in [0.29, 0.717) is 17.8 Å². The Bertz CT molecular complexity index is 547. The van der Waals surface area contributed by atoms with Crippen molar-refractivity contribution in [1.29, 1.82) is 0 Å². The molecule has 6 nitrogen and oxygen atoms in total. The van der Waals surface area contributed by atoms with Crippen molar-refractivity contribution < 1.29 is 4.79 Å². The van der Waals surface area contributed by atoms with Gasteiger partial charge in [-0.25, -0.2) is 9.50 Å². The monoisotopic (exact) mass is 261 g/mol. The summed E-state index contributed by atoms with van der Waals surface area (Å²) in [6.07, 6.45) is 4.98. The van der Waals surface area contributed by atoms with Gasteiger partial charge in [0.25, 0.3) is 5.91 Å². The molecule has 0 fully saturated rings. The van der Waals surface area contributed by atoms with Crippen LogP contribution in [0, 0.1) is 0 Å². The lowest BCUT2D eigenvalue weighted by atomic mass is 10.3. The summed E-state index contributed by atoms with van der Waals surface area (Å²) >= 11 is 0. The van der Waals surface area contributed by atoms with Crippen LogP contribution in [0.1, 0.15) is 24.2 Å². The summed E-state index contributed by atoms with van der Waals surface area (Å²) in [5.41, 5.74) is 1.10. The van der Waals surface area contributed by atoms with Gasteiger partial charge >= 0.3 is 0 Å². The van der Waals surface area contributed by atoms with Gasteiger partial charge in [-0.3, -0.25) is 4.79 Å². The molecule has 0 atom stereocenters. The van der Waals surface area contributed by atoms with E-state index in [-0.39, 0.29) is 5.91 Å². The van der Waals surface area contributed by atoms with Crippen LogP contribution in [-0.4, -0.2) is 51.6 Å². The Hall–Kier alpha value is -1.95. The smallest absolute Gasteiger partial charge is 0.256 e. The van der Waals surface area contributed by atoms with Gasteiger partial charge in [-0.05, 0) is 19.2 Å². The van der Waals surface area contributed by atoms with Crippen molar-refractivity contribution in [2.75, 3.05) is 26.2 Å². The molecule has 0 saturated carbocycles. The van der Waals surface area contributed by atoms with Crippen molar-refractivity contribution in [3.05, 3.63) is 30.2 Å². The number of likely N-dealkylation sites (N-methyl/N-ethyl adjacent to an activating group) is 1. The van der Waals surface area contributed by atoms with Gasteiger partial charge in [-0.15, -0.1) is 0 Å². The molecule has 2 heterocycles. The fourth-order valence-electron chi connectivity index (χ4n) is 1.95. The summed E-state index contributed by atoms with van der Waals surface area (Å²) in [4.78, 5) is 18.5. The molecule has 0 radical (unpaired) electrons. The molecule has 0 spiro atoms. The molecular formula is C13H19N5O. The summed E-state index contributed by atoms with van der Waals surface area (Å²) < 4.78 is 1.60. The second-order valence-electron chi connectivity index (χ2n) is 4.23. The lowest BCUT2D eigenvalue weighted by Gasteiger charge is -2.17. The van der Waals surface area contributed by atoms with E-state index in [4.69, 9.17) is 0 Å². The maximum absolute atomic E-state index is 12.1. The third-order valence-electron chi connectivity index (χ3n) is 3.13. The van der Waals surface area contributed by atoms with Gasteiger partial charge in [-0.2, -0.15) is 5.10 Å². The molecule has 1 amide bonds. The molecule has 2 aromatic heterocycles. The number of hydrogen-bond acceptors (Lipinski definition) is 4. The molecule has 0 bridgehead atoms. The van der Waals surface area contributed by atoms with E-state index >= 15 is 0 Å². The zero-order chi connectivity index (χ0) is 13.7. The second kappa shape index (κ2) is 6.29. The normalized spacial score (nSPS) is 11.1. The Kier molecular flexibility index (Phi) is 4.46. The van der Waals surface area contributed by atoms with E-state index in [9.17, 15) is 4.79 Å². The fraction of sp³-hybridized carbons (Fsp3) is 0.462. The maximum atomic E-state index is 12.1. The van der Waals surface area contributed by atoms with Crippen LogP contribution in [0.2, 0.25) is 0 Å². The number of carbonyl (C=O) groups excluding carboxylic acids is 1. The minimum Gasteiger partial charge on any atom is -0.351 e. The first-order valence-electron chi connectivity index (χ1n) is 6.55. The Balaban J connectivity index is 1.97. The predicted octanol–water partition coefficient (Wildman–Crippen LogP) is 0.801. The number of nitrogens with one attached hydrogen (secondary N) is 1. The van der Waals surface area contributed by atoms with Crippen LogP contribution in [-0.2, 0) is 0 Å². The molecule has 0 aliphatic heterocycles. The highest BCUT2D eigenvalue weighted by Gasteiger charge is 2.13. The predicted molar refractivity (Wildman–Crippen MR) is 73.1 cm³/mol. The first kappa shape index (κ1) is 13.5. The quantitative estimate of drug-likeness (QED) is 0.835. The Morgan fingerprint density at radius 3 is 2.95 bits per heavy atom. The number of amides is 1. The number of hydrogen-bond donors (Lipinski definition) is 1. The number of rotatable bonds is 6. The van der Waals surface area contributed by atoms with Gasteiger partial charge in [0, 0.05) is 25.5 Å². The van der Waals surface area contributed by atoms with Crippen molar-refractivity contribution in [2.24, 2.45) is 0 Å². The average Bonchev–Trinajstić information content (AvgIpc) is 2.87. The first-order valence-corrected chi connectivity index (χ1v) is 6.55. The molecule has 0 unspecified atom stereocenters. The SMILES string of the molecule is CCN(CC)CCNC(=O)c1cnn2cccnc12. The third-order valence-corrected chi connectivity index (χ3v) is 3.13. The summed E-state index contributed by atoms with van der Waals surface area (Å²) in [5, 5.41) is 7.00. The second-order valence-corrected chi connectivity index (χ2v) is 4.23. The fourth-order valence-corrected chi connectivity index (χ4v) is 1.95. The summed E-state index contributed by atoms with van der Waals surface area (Å²) in [5.74, 6) is -0.124. The van der Waals surface area contributed by atoms with Crippen molar-refractivity contribution >= 4 is 11.6 Å². The Morgan fingerprint density at radius 1 is 1.42 bits per heavy atom. The molecule has 19 heavy (non-hydrogen) atoms.